The molecule has 0 saturated heterocycles. The van der Waals surface area contributed by atoms with Crippen molar-refractivity contribution >= 4 is 32.7 Å². The number of rotatable bonds is 6. The van der Waals surface area contributed by atoms with Crippen molar-refractivity contribution in [3.8, 4) is 0 Å². The molecule has 2 aromatic carbocycles. The van der Waals surface area contributed by atoms with Gasteiger partial charge in [-0.2, -0.15) is 0 Å². The number of anilines is 1. The first-order valence-electron chi connectivity index (χ1n) is 8.94. The van der Waals surface area contributed by atoms with Gasteiger partial charge in [0.15, 0.2) is 0 Å². The van der Waals surface area contributed by atoms with E-state index in [1.54, 1.807) is 30.5 Å². The Balaban J connectivity index is 1.57. The Morgan fingerprint density at radius 1 is 0.967 bits per heavy atom. The molecule has 4 rings (SSSR count). The van der Waals surface area contributed by atoms with Crippen LogP contribution >= 0.6 is 0 Å². The molecule has 4 aromatic rings. The third-order valence-electron chi connectivity index (χ3n) is 4.37. The fraction of sp³-hybridized carbons (Fsp3) is 0.0500. The van der Waals surface area contributed by atoms with Crippen molar-refractivity contribution in [3.63, 3.8) is 0 Å². The number of imidazole rings is 1. The average Bonchev–Trinajstić information content (AvgIpc) is 3.12. The second-order valence-corrected chi connectivity index (χ2v) is 8.12. The zero-order valence-corrected chi connectivity index (χ0v) is 16.4. The molecule has 152 valence electrons. The maximum absolute atomic E-state index is 12.9. The Bertz CT molecular complexity index is 1380. The predicted molar refractivity (Wildman–Crippen MR) is 112 cm³/mol. The molecule has 0 spiro atoms. The normalized spacial score (nSPS) is 11.3. The van der Waals surface area contributed by atoms with Gasteiger partial charge in [-0.05, 0) is 42.5 Å². The maximum atomic E-state index is 12.9. The maximum Gasteiger partial charge on any atom is 0.323 e. The van der Waals surface area contributed by atoms with E-state index in [-0.39, 0.29) is 22.7 Å². The second-order valence-electron chi connectivity index (χ2n) is 6.44. The number of carbonyl (C=O) groups is 1. The summed E-state index contributed by atoms with van der Waals surface area (Å²) >= 11 is 0. The zero-order valence-electron chi connectivity index (χ0n) is 15.5. The van der Waals surface area contributed by atoms with Crippen LogP contribution in [0.4, 0.5) is 5.69 Å². The number of pyridine rings is 1. The number of aromatic amines is 2. The van der Waals surface area contributed by atoms with Crippen molar-refractivity contribution in [1.82, 2.24) is 20.3 Å². The topological polar surface area (TPSA) is 137 Å². The van der Waals surface area contributed by atoms with Crippen molar-refractivity contribution in [2.24, 2.45) is 0 Å². The lowest BCUT2D eigenvalue weighted by molar-refractivity contribution is 0.0951. The number of amides is 1. The van der Waals surface area contributed by atoms with Crippen molar-refractivity contribution in [2.75, 3.05) is 4.72 Å². The highest BCUT2D eigenvalue weighted by molar-refractivity contribution is 7.92. The summed E-state index contributed by atoms with van der Waals surface area (Å²) in [5.41, 5.74) is 1.42. The lowest BCUT2D eigenvalue weighted by Crippen LogP contribution is -2.25. The molecule has 0 fully saturated rings. The van der Waals surface area contributed by atoms with E-state index in [2.05, 4.69) is 25.0 Å². The summed E-state index contributed by atoms with van der Waals surface area (Å²) in [7, 11) is -4.00. The van der Waals surface area contributed by atoms with Crippen LogP contribution in [-0.2, 0) is 16.6 Å². The van der Waals surface area contributed by atoms with E-state index in [9.17, 15) is 18.0 Å². The summed E-state index contributed by atoms with van der Waals surface area (Å²) in [6.45, 7) is 0.207. The summed E-state index contributed by atoms with van der Waals surface area (Å²) in [5, 5.41) is 2.73. The molecule has 2 aromatic heterocycles. The summed E-state index contributed by atoms with van der Waals surface area (Å²) in [5.74, 6) is -0.440. The number of fused-ring (bicyclic) bond motifs is 1. The van der Waals surface area contributed by atoms with E-state index in [4.69, 9.17) is 0 Å². The standard InChI is InChI=1S/C20H17N5O4S/c26-19(22-12-13-5-3-4-10-21-13)15-6-1-2-7-16(15)25-30(28,29)14-8-9-17-18(11-14)24-20(27)23-17/h1-11,25H,12H2,(H,22,26)(H2,23,24,27). The van der Waals surface area contributed by atoms with Gasteiger partial charge in [0.05, 0.1) is 39.4 Å². The molecule has 0 aliphatic rings. The molecule has 30 heavy (non-hydrogen) atoms. The summed E-state index contributed by atoms with van der Waals surface area (Å²) in [6.07, 6.45) is 1.62. The molecule has 10 heteroatoms. The van der Waals surface area contributed by atoms with Crippen LogP contribution in [0.25, 0.3) is 11.0 Å². The van der Waals surface area contributed by atoms with E-state index in [0.29, 0.717) is 16.7 Å². The Hall–Kier alpha value is -3.92. The van der Waals surface area contributed by atoms with Crippen LogP contribution in [0.2, 0.25) is 0 Å². The smallest absolute Gasteiger partial charge is 0.323 e. The molecule has 0 radical (unpaired) electrons. The molecule has 0 atom stereocenters. The van der Waals surface area contributed by atoms with E-state index < -0.39 is 21.6 Å². The molecule has 4 N–H and O–H groups in total. The van der Waals surface area contributed by atoms with Crippen LogP contribution in [-0.4, -0.2) is 29.3 Å². The van der Waals surface area contributed by atoms with Gasteiger partial charge in [0.25, 0.3) is 15.9 Å². The number of nitrogens with one attached hydrogen (secondary N) is 4. The number of sulfonamides is 1. The van der Waals surface area contributed by atoms with Crippen LogP contribution in [0.15, 0.2) is 76.6 Å². The van der Waals surface area contributed by atoms with Crippen molar-refractivity contribution < 1.29 is 13.2 Å². The molecule has 0 bridgehead atoms. The highest BCUT2D eigenvalue weighted by atomic mass is 32.2. The molecule has 0 aliphatic carbocycles. The second kappa shape index (κ2) is 7.84. The van der Waals surface area contributed by atoms with Gasteiger partial charge in [0.2, 0.25) is 0 Å². The number of para-hydroxylation sites is 1. The lowest BCUT2D eigenvalue weighted by atomic mass is 10.1. The van der Waals surface area contributed by atoms with Gasteiger partial charge in [-0.15, -0.1) is 0 Å². The number of H-pyrrole nitrogens is 2. The van der Waals surface area contributed by atoms with Crippen molar-refractivity contribution in [1.29, 1.82) is 0 Å². The van der Waals surface area contributed by atoms with E-state index in [1.807, 2.05) is 6.07 Å². The summed E-state index contributed by atoms with van der Waals surface area (Å²) in [4.78, 5) is 33.2. The first kappa shape index (κ1) is 19.4. The van der Waals surface area contributed by atoms with Crippen LogP contribution < -0.4 is 15.7 Å². The molecular formula is C20H17N5O4S. The Morgan fingerprint density at radius 2 is 1.73 bits per heavy atom. The SMILES string of the molecule is O=C(NCc1ccccn1)c1ccccc1NS(=O)(=O)c1ccc2[nH]c(=O)[nH]c2c1. The van der Waals surface area contributed by atoms with Crippen LogP contribution in [0, 0.1) is 0 Å². The Labute approximate surface area is 171 Å². The molecule has 0 saturated carbocycles. The zero-order chi connectivity index (χ0) is 21.1. The van der Waals surface area contributed by atoms with Gasteiger partial charge >= 0.3 is 5.69 Å². The number of aromatic nitrogens is 3. The number of benzene rings is 2. The van der Waals surface area contributed by atoms with Crippen LogP contribution in [0.5, 0.6) is 0 Å². The monoisotopic (exact) mass is 423 g/mol. The summed E-state index contributed by atoms with van der Waals surface area (Å²) in [6, 6.07) is 15.9. The van der Waals surface area contributed by atoms with Gasteiger partial charge in [-0.25, -0.2) is 13.2 Å². The van der Waals surface area contributed by atoms with E-state index in [1.165, 1.54) is 30.3 Å². The number of hydrogen-bond acceptors (Lipinski definition) is 5. The minimum atomic E-state index is -4.00. The highest BCUT2D eigenvalue weighted by Crippen LogP contribution is 2.22. The molecule has 0 unspecified atom stereocenters. The van der Waals surface area contributed by atoms with E-state index in [0.717, 1.165) is 0 Å². The Kier molecular flexibility index (Phi) is 5.07. The van der Waals surface area contributed by atoms with Gasteiger partial charge in [0.1, 0.15) is 0 Å². The third-order valence-corrected chi connectivity index (χ3v) is 5.73. The fourth-order valence-corrected chi connectivity index (χ4v) is 4.03. The fourth-order valence-electron chi connectivity index (χ4n) is 2.92. The van der Waals surface area contributed by atoms with Crippen molar-refractivity contribution in [3.05, 3.63) is 88.6 Å². The predicted octanol–water partition coefficient (Wildman–Crippen LogP) is 1.98. The molecule has 0 aliphatic heterocycles. The highest BCUT2D eigenvalue weighted by Gasteiger charge is 2.19. The lowest BCUT2D eigenvalue weighted by Gasteiger charge is -2.13. The van der Waals surface area contributed by atoms with E-state index >= 15 is 0 Å². The van der Waals surface area contributed by atoms with Gasteiger partial charge in [-0.1, -0.05) is 18.2 Å². The molecule has 9 nitrogen and oxygen atoms in total. The number of carbonyl (C=O) groups excluding carboxylic acids is 1. The van der Waals surface area contributed by atoms with Crippen molar-refractivity contribution in [2.45, 2.75) is 11.4 Å². The molecular weight excluding hydrogens is 406 g/mol. The first-order chi connectivity index (χ1) is 14.4. The summed E-state index contributed by atoms with van der Waals surface area (Å²) < 4.78 is 28.1. The van der Waals surface area contributed by atoms with Crippen LogP contribution in [0.1, 0.15) is 16.1 Å². The van der Waals surface area contributed by atoms with Gasteiger partial charge in [-0.3, -0.25) is 14.5 Å². The van der Waals surface area contributed by atoms with Crippen LogP contribution in [0.3, 0.4) is 0 Å². The quantitative estimate of drug-likeness (QED) is 0.376. The minimum absolute atomic E-state index is 0.0473. The first-order valence-corrected chi connectivity index (χ1v) is 10.4. The molecule has 1 amide bonds. The largest absolute Gasteiger partial charge is 0.346 e. The Morgan fingerprint density at radius 3 is 2.53 bits per heavy atom. The molecule has 2 heterocycles. The van der Waals surface area contributed by atoms with Gasteiger partial charge in [0, 0.05) is 6.20 Å². The van der Waals surface area contributed by atoms with Gasteiger partial charge < -0.3 is 15.3 Å². The third kappa shape index (κ3) is 4.08. The average molecular weight is 423 g/mol. The number of hydrogen-bond donors (Lipinski definition) is 4. The minimum Gasteiger partial charge on any atom is -0.346 e. The number of nitrogens with zero attached hydrogens (tertiary/aromatic N) is 1.